The molecule has 2 amide bonds. The molecule has 5 heterocycles. The van der Waals surface area contributed by atoms with Crippen LogP contribution in [0.2, 0.25) is 0 Å². The number of para-hydroxylation sites is 1. The number of nitrogens with zero attached hydrogens (tertiary/aromatic N) is 6. The first-order valence-corrected chi connectivity index (χ1v) is 21.4. The van der Waals surface area contributed by atoms with E-state index in [0.29, 0.717) is 43.6 Å². The number of aryl methyl sites for hydroxylation is 1. The second-order valence-corrected chi connectivity index (χ2v) is 18.0. The lowest BCUT2D eigenvalue weighted by Crippen LogP contribution is -2.35. The Morgan fingerprint density at radius 1 is 1.07 bits per heavy atom. The number of hydrogen-bond acceptors (Lipinski definition) is 10. The van der Waals surface area contributed by atoms with Gasteiger partial charge >= 0.3 is 6.18 Å². The number of fused-ring (bicyclic) bond motifs is 3. The van der Waals surface area contributed by atoms with E-state index in [0.717, 1.165) is 25.3 Å². The zero-order valence-corrected chi connectivity index (χ0v) is 34.1. The van der Waals surface area contributed by atoms with Gasteiger partial charge in [0.15, 0.2) is 22.3 Å². The fraction of sp³-hybridized carbons (Fsp3) is 0.368. The van der Waals surface area contributed by atoms with Crippen LogP contribution in [0.5, 0.6) is 0 Å². The van der Waals surface area contributed by atoms with E-state index in [-0.39, 0.29) is 53.1 Å². The fourth-order valence-electron chi connectivity index (χ4n) is 8.03. The second-order valence-electron chi connectivity index (χ2n) is 15.2. The Morgan fingerprint density at radius 2 is 1.79 bits per heavy atom. The first kappa shape index (κ1) is 41.9. The molecule has 4 N–H and O–H groups in total. The van der Waals surface area contributed by atoms with Crippen LogP contribution in [-0.2, 0) is 51.7 Å². The lowest BCUT2D eigenvalue weighted by Gasteiger charge is -2.23. The van der Waals surface area contributed by atoms with Crippen LogP contribution in [-0.4, -0.2) is 68.6 Å². The molecule has 2 unspecified atom stereocenters. The predicted octanol–water partition coefficient (Wildman–Crippen LogP) is 6.36. The van der Waals surface area contributed by atoms with Crippen LogP contribution in [0.15, 0.2) is 42.5 Å². The van der Waals surface area contributed by atoms with Gasteiger partial charge < -0.3 is 16.0 Å². The summed E-state index contributed by atoms with van der Waals surface area (Å²) in [5, 5.41) is 17.2. The highest BCUT2D eigenvalue weighted by Crippen LogP contribution is 2.55. The van der Waals surface area contributed by atoms with Crippen LogP contribution in [0, 0.1) is 17.6 Å². The maximum absolute atomic E-state index is 15.7. The highest BCUT2D eigenvalue weighted by molar-refractivity contribution is 7.92. The highest BCUT2D eigenvalue weighted by atomic mass is 32.2. The summed E-state index contributed by atoms with van der Waals surface area (Å²) < 4.78 is 132. The van der Waals surface area contributed by atoms with E-state index >= 15 is 8.78 Å². The van der Waals surface area contributed by atoms with Crippen molar-refractivity contribution in [3.8, 4) is 11.1 Å². The average Bonchev–Trinajstić information content (AvgIpc) is 3.95. The number of alkyl halides is 5. The van der Waals surface area contributed by atoms with Gasteiger partial charge in [-0.05, 0) is 42.2 Å². The molecule has 0 saturated carbocycles. The van der Waals surface area contributed by atoms with Crippen molar-refractivity contribution in [3.63, 3.8) is 0 Å². The summed E-state index contributed by atoms with van der Waals surface area (Å²) in [5.41, 5.74) is -2.05. The van der Waals surface area contributed by atoms with E-state index in [1.54, 1.807) is 31.3 Å². The molecular weight excluding hydrogens is 858 g/mol. The Morgan fingerprint density at radius 3 is 2.44 bits per heavy atom. The molecular formula is C38H35F7N10O4S2. The van der Waals surface area contributed by atoms with E-state index in [9.17, 15) is 40.0 Å². The van der Waals surface area contributed by atoms with Crippen molar-refractivity contribution in [2.24, 2.45) is 13.0 Å². The maximum atomic E-state index is 15.7. The number of anilines is 2. The minimum absolute atomic E-state index is 0.00746. The van der Waals surface area contributed by atoms with Gasteiger partial charge in [-0.15, -0.1) is 0 Å². The largest absolute Gasteiger partial charge is 0.435 e. The van der Waals surface area contributed by atoms with E-state index in [1.165, 1.54) is 22.9 Å². The Kier molecular flexibility index (Phi) is 10.3. The summed E-state index contributed by atoms with van der Waals surface area (Å²) in [6, 6.07) is 7.53. The van der Waals surface area contributed by atoms with Gasteiger partial charge in [0.05, 0.1) is 34.2 Å². The van der Waals surface area contributed by atoms with Crippen molar-refractivity contribution in [1.82, 2.24) is 40.2 Å². The molecule has 61 heavy (non-hydrogen) atoms. The normalized spacial score (nSPS) is 19.3. The van der Waals surface area contributed by atoms with Crippen molar-refractivity contribution < 1.29 is 48.7 Å². The van der Waals surface area contributed by atoms with E-state index in [2.05, 4.69) is 35.9 Å². The van der Waals surface area contributed by atoms with E-state index in [1.807, 2.05) is 0 Å². The van der Waals surface area contributed by atoms with Crippen molar-refractivity contribution in [2.75, 3.05) is 22.8 Å². The topological polar surface area (TPSA) is 178 Å². The number of halogens is 7. The average molecular weight is 893 g/mol. The van der Waals surface area contributed by atoms with Crippen molar-refractivity contribution in [3.05, 3.63) is 82.3 Å². The minimum Gasteiger partial charge on any atom is -0.356 e. The summed E-state index contributed by atoms with van der Waals surface area (Å²) in [7, 11) is -2.25. The molecule has 322 valence electrons. The van der Waals surface area contributed by atoms with Crippen molar-refractivity contribution >= 4 is 65.4 Å². The molecule has 1 aliphatic heterocycles. The molecule has 1 aliphatic carbocycles. The summed E-state index contributed by atoms with van der Waals surface area (Å²) in [5.74, 6) is -9.75. The number of benzene rings is 2. The quantitative estimate of drug-likeness (QED) is 0.108. The molecule has 4 atom stereocenters. The van der Waals surface area contributed by atoms with Gasteiger partial charge in [-0.1, -0.05) is 37.3 Å². The molecule has 0 spiro atoms. The highest BCUT2D eigenvalue weighted by Gasteiger charge is 2.57. The third-order valence-corrected chi connectivity index (χ3v) is 12.3. The van der Waals surface area contributed by atoms with Crippen LogP contribution < -0.4 is 20.7 Å². The molecule has 2 aliphatic rings. The summed E-state index contributed by atoms with van der Waals surface area (Å²) in [4.78, 5) is 35.4. The molecule has 0 radical (unpaired) electrons. The van der Waals surface area contributed by atoms with Crippen LogP contribution in [0.25, 0.3) is 32.4 Å². The summed E-state index contributed by atoms with van der Waals surface area (Å²) in [6.45, 7) is 1.57. The van der Waals surface area contributed by atoms with Crippen molar-refractivity contribution in [1.29, 1.82) is 0 Å². The number of amides is 2. The number of sulfonamides is 1. The van der Waals surface area contributed by atoms with Gasteiger partial charge in [-0.25, -0.2) is 27.2 Å². The molecule has 4 aromatic heterocycles. The maximum Gasteiger partial charge on any atom is 0.435 e. The smallest absolute Gasteiger partial charge is 0.356 e. The van der Waals surface area contributed by atoms with E-state index in [4.69, 9.17) is 4.98 Å². The monoisotopic (exact) mass is 892 g/mol. The molecule has 14 nitrogen and oxygen atoms in total. The third-order valence-electron chi connectivity index (χ3n) is 10.8. The zero-order chi connectivity index (χ0) is 43.9. The van der Waals surface area contributed by atoms with Gasteiger partial charge in [-0.2, -0.15) is 32.1 Å². The predicted molar refractivity (Wildman–Crippen MR) is 210 cm³/mol. The number of carbonyl (C=O) groups is 2. The first-order valence-electron chi connectivity index (χ1n) is 18.7. The summed E-state index contributed by atoms with van der Waals surface area (Å²) >= 11 is 1.18. The molecule has 1 saturated heterocycles. The Labute approximate surface area is 346 Å². The zero-order valence-electron chi connectivity index (χ0n) is 32.5. The lowest BCUT2D eigenvalue weighted by molar-refractivity contribution is -0.143. The van der Waals surface area contributed by atoms with Crippen LogP contribution >= 0.6 is 11.3 Å². The number of hydrogen-bond donors (Lipinski definition) is 4. The third kappa shape index (κ3) is 7.95. The van der Waals surface area contributed by atoms with Crippen molar-refractivity contribution in [2.45, 2.75) is 63.3 Å². The fourth-order valence-corrected chi connectivity index (χ4v) is 9.45. The van der Waals surface area contributed by atoms with Gasteiger partial charge in [-0.3, -0.25) is 23.7 Å². The number of aromatic nitrogens is 6. The number of nitrogens with one attached hydrogen (secondary N) is 4. The molecule has 6 aromatic rings. The Bertz CT molecular complexity index is 2860. The minimum atomic E-state index is -5.12. The van der Waals surface area contributed by atoms with Gasteiger partial charge in [0.25, 0.3) is 5.92 Å². The lowest BCUT2D eigenvalue weighted by atomic mass is 9.94. The van der Waals surface area contributed by atoms with Crippen LogP contribution in [0.1, 0.15) is 60.4 Å². The molecule has 23 heteroatoms. The Balaban J connectivity index is 1.29. The van der Waals surface area contributed by atoms with Crippen LogP contribution in [0.3, 0.4) is 0 Å². The molecule has 2 aromatic carbocycles. The summed E-state index contributed by atoms with van der Waals surface area (Å²) in [6.07, 6.45) is -4.37. The van der Waals surface area contributed by atoms with E-state index < -0.39 is 81.0 Å². The number of rotatable bonds is 11. The Hall–Kier alpha value is -5.84. The van der Waals surface area contributed by atoms with Gasteiger partial charge in [0, 0.05) is 54.1 Å². The molecule has 0 bridgehead atoms. The number of carbonyl (C=O) groups excluding carboxylic acids is 2. The second kappa shape index (κ2) is 15.0. The first-order chi connectivity index (χ1) is 28.6. The number of thiazole rings is 1. The molecule has 1 fully saturated rings. The standard InChI is InChI=1S/C38H35F7N10O4S2/c1-16-17(2)37(41,42)33-29(16)32(38(43,44)45)51-55(33)15-28(57)48-25(10-18-8-19(39)11-20(40)9-18)30-24(13-26-35(49-30)50-36(60-26)47-21-12-27(56)46-14-21)22-6-5-7-23-31(22)54(3)52-34(23)53-61(4,58)59/h5-9,11,13,16-17,21,25H,10,12,14-15H2,1-4H3,(H,46,56)(H,48,57)(H,52,53)(H,47,49,50)/t16-,17+,21?,25?/m0/s1. The van der Waals surface area contributed by atoms with Gasteiger partial charge in [0.1, 0.15) is 23.9 Å². The SMILES string of the molecule is C[C@@H]1c2c(C(F)(F)F)nn(CC(=O)NC(Cc3cc(F)cc(F)c3)c3nc4nc(NC5CNC(=O)C5)sc4cc3-c3cccc4c(NS(C)(=O)=O)nn(C)c34)c2C(F)(F)[C@@H]1C. The van der Waals surface area contributed by atoms with Gasteiger partial charge in [0.2, 0.25) is 21.8 Å². The number of pyridine rings is 1. The van der Waals surface area contributed by atoms with Crippen LogP contribution in [0.4, 0.5) is 41.7 Å². The molecule has 8 rings (SSSR count).